The molecule has 3 rings (SSSR count). The van der Waals surface area contributed by atoms with Crippen LogP contribution in [0, 0.1) is 13.8 Å². The molecule has 0 bridgehead atoms. The van der Waals surface area contributed by atoms with Gasteiger partial charge in [-0.3, -0.25) is 4.90 Å². The van der Waals surface area contributed by atoms with Gasteiger partial charge in [-0.2, -0.15) is 0 Å². The van der Waals surface area contributed by atoms with Crippen molar-refractivity contribution in [2.75, 3.05) is 19.7 Å². The Bertz CT molecular complexity index is 614. The lowest BCUT2D eigenvalue weighted by molar-refractivity contribution is 0.0720. The summed E-state index contributed by atoms with van der Waals surface area (Å²) in [6.07, 6.45) is 2.74. The van der Waals surface area contributed by atoms with Crippen molar-refractivity contribution in [2.45, 2.75) is 46.3 Å². The van der Waals surface area contributed by atoms with Gasteiger partial charge in [0.05, 0.1) is 16.7 Å². The summed E-state index contributed by atoms with van der Waals surface area (Å²) in [6.45, 7) is 10.0. The van der Waals surface area contributed by atoms with E-state index in [4.69, 9.17) is 14.1 Å². The van der Waals surface area contributed by atoms with Gasteiger partial charge in [0.2, 0.25) is 5.89 Å². The summed E-state index contributed by atoms with van der Waals surface area (Å²) >= 11 is 1.72. The molecule has 0 saturated carbocycles. The van der Waals surface area contributed by atoms with Gasteiger partial charge in [-0.15, -0.1) is 11.3 Å². The topological polar surface area (TPSA) is 38.5 Å². The summed E-state index contributed by atoms with van der Waals surface area (Å²) in [6, 6.07) is 4.19. The van der Waals surface area contributed by atoms with E-state index in [2.05, 4.69) is 30.9 Å². The molecular weight excluding hydrogens is 296 g/mol. The lowest BCUT2D eigenvalue weighted by Gasteiger charge is -2.22. The Morgan fingerprint density at radius 1 is 1.36 bits per heavy atom. The Labute approximate surface area is 136 Å². The number of aromatic nitrogens is 1. The molecule has 1 unspecified atom stereocenters. The Morgan fingerprint density at radius 3 is 2.86 bits per heavy atom. The number of nitrogens with zero attached hydrogens (tertiary/aromatic N) is 2. The van der Waals surface area contributed by atoms with Gasteiger partial charge < -0.3 is 9.15 Å². The minimum atomic E-state index is 0.381. The van der Waals surface area contributed by atoms with Crippen molar-refractivity contribution in [3.63, 3.8) is 0 Å². The molecule has 0 aliphatic carbocycles. The predicted molar refractivity (Wildman–Crippen MR) is 89.2 cm³/mol. The normalized spacial score (nSPS) is 18.5. The second kappa shape index (κ2) is 6.94. The molecule has 0 spiro atoms. The van der Waals surface area contributed by atoms with E-state index in [1.54, 1.807) is 11.3 Å². The number of ether oxygens (including phenoxy) is 1. The molecule has 1 aliphatic rings. The van der Waals surface area contributed by atoms with Crippen LogP contribution in [0.3, 0.4) is 0 Å². The number of aryl methyl sites for hydroxylation is 2. The zero-order chi connectivity index (χ0) is 15.5. The molecule has 1 atom stereocenters. The van der Waals surface area contributed by atoms with Crippen molar-refractivity contribution in [1.82, 2.24) is 9.88 Å². The maximum absolute atomic E-state index is 5.87. The molecule has 1 saturated heterocycles. The first-order chi connectivity index (χ1) is 10.7. The van der Waals surface area contributed by atoms with E-state index in [0.717, 1.165) is 48.5 Å². The third-order valence-electron chi connectivity index (χ3n) is 4.15. The first-order valence-electron chi connectivity index (χ1n) is 8.02. The minimum Gasteiger partial charge on any atom is -0.440 e. The number of hydrogen-bond donors (Lipinski definition) is 0. The summed E-state index contributed by atoms with van der Waals surface area (Å²) in [5.41, 5.74) is 1.04. The van der Waals surface area contributed by atoms with Gasteiger partial charge in [-0.05, 0) is 45.4 Å². The van der Waals surface area contributed by atoms with Gasteiger partial charge in [0.25, 0.3) is 0 Å². The van der Waals surface area contributed by atoms with Crippen molar-refractivity contribution in [3.8, 4) is 10.8 Å². The van der Waals surface area contributed by atoms with Crippen LogP contribution in [-0.4, -0.2) is 35.7 Å². The van der Waals surface area contributed by atoms with Crippen LogP contribution < -0.4 is 0 Å². The number of oxazole rings is 1. The monoisotopic (exact) mass is 320 g/mol. The average molecular weight is 320 g/mol. The highest BCUT2D eigenvalue weighted by Gasteiger charge is 2.21. The molecule has 0 N–H and O–H groups in total. The van der Waals surface area contributed by atoms with Crippen LogP contribution >= 0.6 is 11.3 Å². The summed E-state index contributed by atoms with van der Waals surface area (Å²) in [5.74, 6) is 1.67. The van der Waals surface area contributed by atoms with Gasteiger partial charge in [0, 0.05) is 24.6 Å². The van der Waals surface area contributed by atoms with Crippen LogP contribution in [0.15, 0.2) is 16.5 Å². The molecule has 2 aromatic rings. The highest BCUT2D eigenvalue weighted by Crippen LogP contribution is 2.29. The molecule has 3 heterocycles. The van der Waals surface area contributed by atoms with Gasteiger partial charge in [0.1, 0.15) is 5.76 Å². The fourth-order valence-electron chi connectivity index (χ4n) is 2.82. The van der Waals surface area contributed by atoms with Crippen LogP contribution in [0.2, 0.25) is 0 Å². The third kappa shape index (κ3) is 3.59. The Hall–Kier alpha value is -1.17. The number of hydrogen-bond acceptors (Lipinski definition) is 5. The molecule has 1 fully saturated rings. The van der Waals surface area contributed by atoms with Gasteiger partial charge >= 0.3 is 0 Å². The molecule has 0 amide bonds. The van der Waals surface area contributed by atoms with E-state index < -0.39 is 0 Å². The van der Waals surface area contributed by atoms with Crippen LogP contribution in [0.1, 0.15) is 36.1 Å². The van der Waals surface area contributed by atoms with Crippen LogP contribution in [0.5, 0.6) is 0 Å². The van der Waals surface area contributed by atoms with E-state index >= 15 is 0 Å². The molecule has 0 radical (unpaired) electrons. The first-order valence-corrected chi connectivity index (χ1v) is 8.84. The SMILES string of the molecule is CCN(Cc1nc(-c2ccc(C)s2)oc1C)CC1CCCO1. The molecule has 2 aromatic heterocycles. The summed E-state index contributed by atoms with van der Waals surface area (Å²) in [7, 11) is 0. The molecule has 0 aromatic carbocycles. The Morgan fingerprint density at radius 2 is 2.23 bits per heavy atom. The summed E-state index contributed by atoms with van der Waals surface area (Å²) in [5, 5.41) is 0. The van der Waals surface area contributed by atoms with E-state index in [0.29, 0.717) is 6.10 Å². The molecule has 5 heteroatoms. The lowest BCUT2D eigenvalue weighted by atomic mass is 10.2. The summed E-state index contributed by atoms with van der Waals surface area (Å²) < 4.78 is 11.6. The van der Waals surface area contributed by atoms with Gasteiger partial charge in [0.15, 0.2) is 0 Å². The maximum Gasteiger partial charge on any atom is 0.236 e. The zero-order valence-corrected chi connectivity index (χ0v) is 14.4. The smallest absolute Gasteiger partial charge is 0.236 e. The van der Waals surface area contributed by atoms with Crippen molar-refractivity contribution in [2.24, 2.45) is 0 Å². The largest absolute Gasteiger partial charge is 0.440 e. The van der Waals surface area contributed by atoms with Crippen molar-refractivity contribution in [3.05, 3.63) is 28.5 Å². The maximum atomic E-state index is 5.87. The minimum absolute atomic E-state index is 0.381. The zero-order valence-electron chi connectivity index (χ0n) is 13.6. The van der Waals surface area contributed by atoms with Crippen LogP contribution in [0.4, 0.5) is 0 Å². The quantitative estimate of drug-likeness (QED) is 0.806. The van der Waals surface area contributed by atoms with Gasteiger partial charge in [-0.1, -0.05) is 6.92 Å². The Balaban J connectivity index is 1.69. The summed E-state index contributed by atoms with van der Waals surface area (Å²) in [4.78, 5) is 9.49. The van der Waals surface area contributed by atoms with E-state index in [-0.39, 0.29) is 0 Å². The molecule has 22 heavy (non-hydrogen) atoms. The lowest BCUT2D eigenvalue weighted by Crippen LogP contribution is -2.31. The standard InChI is InChI=1S/C17H24N2O2S/c1-4-19(10-14-6-5-9-20-14)11-15-13(3)21-17(18-15)16-8-7-12(2)22-16/h7-8,14H,4-6,9-11H2,1-3H3. The highest BCUT2D eigenvalue weighted by atomic mass is 32.1. The van der Waals surface area contributed by atoms with Gasteiger partial charge in [-0.25, -0.2) is 4.98 Å². The number of thiophene rings is 1. The number of likely N-dealkylation sites (N-methyl/N-ethyl adjacent to an activating group) is 1. The highest BCUT2D eigenvalue weighted by molar-refractivity contribution is 7.15. The van der Waals surface area contributed by atoms with E-state index in [1.165, 1.54) is 17.7 Å². The molecular formula is C17H24N2O2S. The van der Waals surface area contributed by atoms with E-state index in [1.807, 2.05) is 6.92 Å². The molecule has 1 aliphatic heterocycles. The third-order valence-corrected chi connectivity index (χ3v) is 5.14. The number of rotatable bonds is 6. The molecule has 120 valence electrons. The first kappa shape index (κ1) is 15.7. The van der Waals surface area contributed by atoms with Crippen LogP contribution in [-0.2, 0) is 11.3 Å². The van der Waals surface area contributed by atoms with E-state index in [9.17, 15) is 0 Å². The fourth-order valence-corrected chi connectivity index (χ4v) is 3.62. The van der Waals surface area contributed by atoms with Crippen molar-refractivity contribution >= 4 is 11.3 Å². The Kier molecular flexibility index (Phi) is 4.96. The molecule has 4 nitrogen and oxygen atoms in total. The average Bonchev–Trinajstić information content (AvgIpc) is 3.21. The fraction of sp³-hybridized carbons (Fsp3) is 0.588. The van der Waals surface area contributed by atoms with Crippen molar-refractivity contribution < 1.29 is 9.15 Å². The van der Waals surface area contributed by atoms with Crippen molar-refractivity contribution in [1.29, 1.82) is 0 Å². The second-order valence-electron chi connectivity index (χ2n) is 5.89. The predicted octanol–water partition coefficient (Wildman–Crippen LogP) is 4.02. The van der Waals surface area contributed by atoms with Crippen LogP contribution in [0.25, 0.3) is 10.8 Å². The second-order valence-corrected chi connectivity index (χ2v) is 7.18.